The van der Waals surface area contributed by atoms with Crippen LogP contribution in [0.1, 0.15) is 10.4 Å². The number of aromatic nitrogens is 2. The van der Waals surface area contributed by atoms with Crippen LogP contribution < -0.4 is 5.32 Å². The van der Waals surface area contributed by atoms with Crippen molar-refractivity contribution < 1.29 is 4.79 Å². The summed E-state index contributed by atoms with van der Waals surface area (Å²) >= 11 is 9.07. The number of amides is 1. The number of rotatable bonds is 4. The molecule has 0 aliphatic heterocycles. The summed E-state index contributed by atoms with van der Waals surface area (Å²) in [4.78, 5) is 11.8. The molecular weight excluding hydrogens is 318 g/mol. The second-order valence-corrected chi connectivity index (χ2v) is 5.04. The molecule has 1 aromatic carbocycles. The number of hydrogen-bond donors (Lipinski definition) is 1. The molecule has 0 bridgehead atoms. The Kier molecular flexibility index (Phi) is 4.38. The standard InChI is InChI=1S/C12H11BrClN3O/c13-10-3-1-2-9(6-10)12(18)15-4-5-17-8-11(14)7-16-17/h1-3,6-8H,4-5H2,(H,15,18). The Morgan fingerprint density at radius 1 is 1.50 bits per heavy atom. The van der Waals surface area contributed by atoms with Crippen LogP contribution in [-0.4, -0.2) is 22.2 Å². The summed E-state index contributed by atoms with van der Waals surface area (Å²) in [5.41, 5.74) is 0.628. The molecule has 0 saturated carbocycles. The van der Waals surface area contributed by atoms with Gasteiger partial charge < -0.3 is 5.32 Å². The Morgan fingerprint density at radius 2 is 2.33 bits per heavy atom. The number of hydrogen-bond acceptors (Lipinski definition) is 2. The molecule has 0 aliphatic carbocycles. The van der Waals surface area contributed by atoms with Crippen molar-refractivity contribution in [1.29, 1.82) is 0 Å². The predicted molar refractivity (Wildman–Crippen MR) is 73.7 cm³/mol. The van der Waals surface area contributed by atoms with E-state index >= 15 is 0 Å². The zero-order valence-electron chi connectivity index (χ0n) is 9.44. The van der Waals surface area contributed by atoms with E-state index in [2.05, 4.69) is 26.3 Å². The van der Waals surface area contributed by atoms with Crippen molar-refractivity contribution in [3.63, 3.8) is 0 Å². The van der Waals surface area contributed by atoms with Gasteiger partial charge in [0.2, 0.25) is 0 Å². The van der Waals surface area contributed by atoms with Gasteiger partial charge in [0.25, 0.3) is 5.91 Å². The molecule has 0 atom stereocenters. The lowest BCUT2D eigenvalue weighted by molar-refractivity contribution is 0.0952. The van der Waals surface area contributed by atoms with Gasteiger partial charge in [-0.25, -0.2) is 0 Å². The fourth-order valence-electron chi connectivity index (χ4n) is 1.48. The average Bonchev–Trinajstić information content (AvgIpc) is 2.75. The van der Waals surface area contributed by atoms with E-state index in [1.54, 1.807) is 29.2 Å². The number of benzene rings is 1. The van der Waals surface area contributed by atoms with E-state index in [1.807, 2.05) is 12.1 Å². The molecule has 94 valence electrons. The lowest BCUT2D eigenvalue weighted by atomic mass is 10.2. The van der Waals surface area contributed by atoms with Crippen LogP contribution in [-0.2, 0) is 6.54 Å². The van der Waals surface area contributed by atoms with Gasteiger partial charge in [0, 0.05) is 22.8 Å². The number of carbonyl (C=O) groups excluding carboxylic acids is 1. The fourth-order valence-corrected chi connectivity index (χ4v) is 2.03. The van der Waals surface area contributed by atoms with E-state index in [-0.39, 0.29) is 5.91 Å². The van der Waals surface area contributed by atoms with Gasteiger partial charge in [0.15, 0.2) is 0 Å². The quantitative estimate of drug-likeness (QED) is 0.938. The lowest BCUT2D eigenvalue weighted by Crippen LogP contribution is -2.27. The zero-order valence-corrected chi connectivity index (χ0v) is 11.8. The van der Waals surface area contributed by atoms with Gasteiger partial charge in [-0.05, 0) is 18.2 Å². The van der Waals surface area contributed by atoms with Crippen molar-refractivity contribution >= 4 is 33.4 Å². The van der Waals surface area contributed by atoms with Crippen LogP contribution in [0.25, 0.3) is 0 Å². The van der Waals surface area contributed by atoms with Crippen molar-refractivity contribution in [2.75, 3.05) is 6.54 Å². The molecule has 0 fully saturated rings. The monoisotopic (exact) mass is 327 g/mol. The SMILES string of the molecule is O=C(NCCn1cc(Cl)cn1)c1cccc(Br)c1. The second kappa shape index (κ2) is 6.02. The van der Waals surface area contributed by atoms with Crippen molar-refractivity contribution in [3.05, 3.63) is 51.7 Å². The highest BCUT2D eigenvalue weighted by Gasteiger charge is 2.05. The largest absolute Gasteiger partial charge is 0.350 e. The Labute approximate surface area is 118 Å². The number of nitrogens with one attached hydrogen (secondary N) is 1. The first-order chi connectivity index (χ1) is 8.65. The predicted octanol–water partition coefficient (Wildman–Crippen LogP) is 2.73. The van der Waals surface area contributed by atoms with Crippen LogP contribution >= 0.6 is 27.5 Å². The maximum absolute atomic E-state index is 11.8. The summed E-state index contributed by atoms with van der Waals surface area (Å²) in [6.45, 7) is 1.09. The van der Waals surface area contributed by atoms with Gasteiger partial charge in [0.1, 0.15) is 0 Å². The fraction of sp³-hybridized carbons (Fsp3) is 0.167. The molecule has 2 rings (SSSR count). The Bertz CT molecular complexity index is 556. The summed E-state index contributed by atoms with van der Waals surface area (Å²) in [6, 6.07) is 7.25. The van der Waals surface area contributed by atoms with Gasteiger partial charge in [-0.1, -0.05) is 33.6 Å². The minimum Gasteiger partial charge on any atom is -0.350 e. The normalized spacial score (nSPS) is 10.3. The van der Waals surface area contributed by atoms with Crippen LogP contribution in [0.5, 0.6) is 0 Å². The molecule has 6 heteroatoms. The Morgan fingerprint density at radius 3 is 3.00 bits per heavy atom. The Balaban J connectivity index is 1.85. The van der Waals surface area contributed by atoms with Gasteiger partial charge >= 0.3 is 0 Å². The first-order valence-electron chi connectivity index (χ1n) is 5.37. The van der Waals surface area contributed by atoms with E-state index in [4.69, 9.17) is 11.6 Å². The van der Waals surface area contributed by atoms with E-state index in [9.17, 15) is 4.79 Å². The highest BCUT2D eigenvalue weighted by Crippen LogP contribution is 2.11. The van der Waals surface area contributed by atoms with Crippen molar-refractivity contribution in [3.8, 4) is 0 Å². The molecule has 18 heavy (non-hydrogen) atoms. The average molecular weight is 329 g/mol. The Hall–Kier alpha value is -1.33. The molecule has 0 aliphatic rings. The highest BCUT2D eigenvalue weighted by molar-refractivity contribution is 9.10. The topological polar surface area (TPSA) is 46.9 Å². The van der Waals surface area contributed by atoms with Crippen molar-refractivity contribution in [1.82, 2.24) is 15.1 Å². The summed E-state index contributed by atoms with van der Waals surface area (Å²) in [6.07, 6.45) is 3.28. The first-order valence-corrected chi connectivity index (χ1v) is 6.54. The van der Waals surface area contributed by atoms with Gasteiger partial charge in [-0.15, -0.1) is 0 Å². The molecule has 0 saturated heterocycles. The number of halogens is 2. The van der Waals surface area contributed by atoms with Gasteiger partial charge in [-0.3, -0.25) is 9.48 Å². The maximum atomic E-state index is 11.8. The highest BCUT2D eigenvalue weighted by atomic mass is 79.9. The smallest absolute Gasteiger partial charge is 0.251 e. The minimum atomic E-state index is -0.102. The van der Waals surface area contributed by atoms with Crippen molar-refractivity contribution in [2.24, 2.45) is 0 Å². The molecule has 1 heterocycles. The molecule has 4 nitrogen and oxygen atoms in total. The number of nitrogens with zero attached hydrogens (tertiary/aromatic N) is 2. The van der Waals surface area contributed by atoms with Crippen LogP contribution in [0.15, 0.2) is 41.1 Å². The van der Waals surface area contributed by atoms with Crippen LogP contribution in [0.4, 0.5) is 0 Å². The minimum absolute atomic E-state index is 0.102. The van der Waals surface area contributed by atoms with Gasteiger partial charge in [0.05, 0.1) is 17.8 Å². The molecule has 0 spiro atoms. The molecule has 0 radical (unpaired) electrons. The summed E-state index contributed by atoms with van der Waals surface area (Å²) in [5, 5.41) is 7.44. The molecule has 1 aromatic heterocycles. The third-order valence-corrected chi connectivity index (χ3v) is 3.00. The summed E-state index contributed by atoms with van der Waals surface area (Å²) < 4.78 is 2.57. The summed E-state index contributed by atoms with van der Waals surface area (Å²) in [7, 11) is 0. The molecule has 2 aromatic rings. The number of carbonyl (C=O) groups is 1. The molecule has 1 amide bonds. The third-order valence-electron chi connectivity index (χ3n) is 2.32. The molecule has 0 unspecified atom stereocenters. The second-order valence-electron chi connectivity index (χ2n) is 3.69. The van der Waals surface area contributed by atoms with E-state index in [0.29, 0.717) is 23.7 Å². The van der Waals surface area contributed by atoms with E-state index < -0.39 is 0 Å². The lowest BCUT2D eigenvalue weighted by Gasteiger charge is -2.05. The molecule has 1 N–H and O–H groups in total. The van der Waals surface area contributed by atoms with Gasteiger partial charge in [-0.2, -0.15) is 5.10 Å². The van der Waals surface area contributed by atoms with Crippen LogP contribution in [0, 0.1) is 0 Å². The van der Waals surface area contributed by atoms with Crippen molar-refractivity contribution in [2.45, 2.75) is 6.54 Å². The zero-order chi connectivity index (χ0) is 13.0. The van der Waals surface area contributed by atoms with Crippen LogP contribution in [0.2, 0.25) is 5.02 Å². The third kappa shape index (κ3) is 3.58. The first kappa shape index (κ1) is 13.1. The molecular formula is C12H11BrClN3O. The maximum Gasteiger partial charge on any atom is 0.251 e. The van der Waals surface area contributed by atoms with E-state index in [0.717, 1.165) is 4.47 Å². The summed E-state index contributed by atoms with van der Waals surface area (Å²) in [5.74, 6) is -0.102. The van der Waals surface area contributed by atoms with E-state index in [1.165, 1.54) is 0 Å². The van der Waals surface area contributed by atoms with Crippen LogP contribution in [0.3, 0.4) is 0 Å².